The van der Waals surface area contributed by atoms with Crippen LogP contribution in [-0.2, 0) is 17.2 Å². The summed E-state index contributed by atoms with van der Waals surface area (Å²) in [6.45, 7) is 1.68. The molecule has 0 atom stereocenters. The van der Waals surface area contributed by atoms with Crippen molar-refractivity contribution in [2.75, 3.05) is 26.3 Å². The second kappa shape index (κ2) is 8.26. The Morgan fingerprint density at radius 3 is 2.55 bits per heavy atom. The first kappa shape index (κ1) is 21.2. The molecule has 164 valence electrons. The van der Waals surface area contributed by atoms with E-state index in [1.807, 2.05) is 0 Å². The fraction of sp³-hybridized carbons (Fsp3) is 0.381. The van der Waals surface area contributed by atoms with Crippen molar-refractivity contribution < 1.29 is 27.1 Å². The van der Waals surface area contributed by atoms with Crippen molar-refractivity contribution in [3.8, 4) is 11.3 Å². The van der Waals surface area contributed by atoms with Crippen LogP contribution in [0.25, 0.3) is 22.3 Å². The Balaban J connectivity index is 1.72. The maximum Gasteiger partial charge on any atom is 0.302 e. The lowest BCUT2D eigenvalue weighted by Gasteiger charge is -2.26. The van der Waals surface area contributed by atoms with Crippen LogP contribution < -0.4 is 0 Å². The second-order valence-corrected chi connectivity index (χ2v) is 7.34. The molecular formula is C21H20F4N4O2. The first-order valence-electron chi connectivity index (χ1n) is 9.75. The maximum atomic E-state index is 14.1. The van der Waals surface area contributed by atoms with Gasteiger partial charge in [-0.2, -0.15) is 8.78 Å². The van der Waals surface area contributed by atoms with E-state index < -0.39 is 24.7 Å². The monoisotopic (exact) mass is 436 g/mol. The number of pyridine rings is 1. The number of alkyl halides is 4. The third-order valence-corrected chi connectivity index (χ3v) is 5.08. The van der Waals surface area contributed by atoms with Crippen LogP contribution in [0.1, 0.15) is 23.1 Å². The molecule has 1 aliphatic heterocycles. The van der Waals surface area contributed by atoms with Gasteiger partial charge in [0.2, 0.25) is 0 Å². The van der Waals surface area contributed by atoms with E-state index in [-0.39, 0.29) is 16.9 Å². The summed E-state index contributed by atoms with van der Waals surface area (Å²) >= 11 is 0. The molecule has 0 N–H and O–H groups in total. The van der Waals surface area contributed by atoms with Crippen molar-refractivity contribution in [1.29, 1.82) is 0 Å². The van der Waals surface area contributed by atoms with Gasteiger partial charge in [0, 0.05) is 31.8 Å². The molecule has 0 spiro atoms. The smallest absolute Gasteiger partial charge is 0.302 e. The molecule has 1 aliphatic rings. The molecule has 0 saturated carbocycles. The van der Waals surface area contributed by atoms with Crippen LogP contribution in [0.4, 0.5) is 17.6 Å². The van der Waals surface area contributed by atoms with Gasteiger partial charge >= 0.3 is 5.92 Å². The Kier molecular flexibility index (Phi) is 5.65. The maximum absolute atomic E-state index is 14.1. The Bertz CT molecular complexity index is 1090. The number of carbonyl (C=O) groups excluding carboxylic acids is 1. The van der Waals surface area contributed by atoms with Crippen LogP contribution in [0.3, 0.4) is 0 Å². The summed E-state index contributed by atoms with van der Waals surface area (Å²) in [4.78, 5) is 22.6. The second-order valence-electron chi connectivity index (χ2n) is 7.34. The van der Waals surface area contributed by atoms with Gasteiger partial charge in [0.05, 0.1) is 42.0 Å². The summed E-state index contributed by atoms with van der Waals surface area (Å²) in [6, 6.07) is 7.88. The van der Waals surface area contributed by atoms with Crippen LogP contribution in [0, 0.1) is 0 Å². The molecule has 0 radical (unpaired) electrons. The number of morpholine rings is 1. The molecule has 31 heavy (non-hydrogen) atoms. The summed E-state index contributed by atoms with van der Waals surface area (Å²) in [7, 11) is 0. The Morgan fingerprint density at radius 1 is 1.19 bits per heavy atom. The van der Waals surface area contributed by atoms with Crippen LogP contribution in [-0.4, -0.2) is 58.1 Å². The number of rotatable bonds is 5. The number of hydrogen-bond donors (Lipinski definition) is 0. The third-order valence-electron chi connectivity index (χ3n) is 5.08. The molecule has 3 aromatic rings. The lowest BCUT2D eigenvalue weighted by atomic mass is 10.1. The number of benzene rings is 1. The largest absolute Gasteiger partial charge is 0.378 e. The number of amides is 1. The molecule has 1 fully saturated rings. The number of para-hydroxylation sites is 1. The fourth-order valence-corrected chi connectivity index (χ4v) is 3.64. The van der Waals surface area contributed by atoms with Crippen molar-refractivity contribution in [2.45, 2.75) is 25.8 Å². The number of ether oxygens (including phenoxy) is 1. The van der Waals surface area contributed by atoms with Gasteiger partial charge in [0.15, 0.2) is 5.82 Å². The van der Waals surface area contributed by atoms with Gasteiger partial charge in [-0.05, 0) is 18.2 Å². The summed E-state index contributed by atoms with van der Waals surface area (Å²) in [5.41, 5.74) is 1.53. The number of aromatic nitrogens is 3. The Labute approximate surface area is 175 Å². The molecule has 6 nitrogen and oxygen atoms in total. The Hall–Kier alpha value is -3.01. The van der Waals surface area contributed by atoms with Gasteiger partial charge in [-0.3, -0.25) is 9.78 Å². The first-order valence-corrected chi connectivity index (χ1v) is 9.75. The minimum Gasteiger partial charge on any atom is -0.378 e. The van der Waals surface area contributed by atoms with Gasteiger partial charge in [0.25, 0.3) is 12.3 Å². The van der Waals surface area contributed by atoms with E-state index in [1.165, 1.54) is 12.3 Å². The summed E-state index contributed by atoms with van der Waals surface area (Å²) in [5.74, 6) is -4.29. The van der Waals surface area contributed by atoms with Crippen molar-refractivity contribution in [3.63, 3.8) is 0 Å². The quantitative estimate of drug-likeness (QED) is 0.569. The highest BCUT2D eigenvalue weighted by molar-refractivity contribution is 5.95. The molecule has 1 saturated heterocycles. The zero-order valence-electron chi connectivity index (χ0n) is 16.7. The molecular weight excluding hydrogens is 416 g/mol. The predicted octanol–water partition coefficient (Wildman–Crippen LogP) is 3.95. The van der Waals surface area contributed by atoms with E-state index in [4.69, 9.17) is 4.74 Å². The van der Waals surface area contributed by atoms with Crippen LogP contribution in [0.5, 0.6) is 0 Å². The first-order chi connectivity index (χ1) is 14.8. The van der Waals surface area contributed by atoms with Crippen molar-refractivity contribution >= 4 is 16.9 Å². The highest BCUT2D eigenvalue weighted by Crippen LogP contribution is 2.34. The number of halogens is 4. The molecule has 0 aliphatic carbocycles. The number of nitrogens with zero attached hydrogens (tertiary/aromatic N) is 4. The van der Waals surface area contributed by atoms with Gasteiger partial charge in [-0.15, -0.1) is 0 Å². The van der Waals surface area contributed by atoms with E-state index >= 15 is 0 Å². The van der Waals surface area contributed by atoms with E-state index in [0.717, 1.165) is 4.57 Å². The van der Waals surface area contributed by atoms with Gasteiger partial charge < -0.3 is 14.2 Å². The molecule has 0 bridgehead atoms. The third kappa shape index (κ3) is 4.25. The Morgan fingerprint density at radius 2 is 1.94 bits per heavy atom. The zero-order valence-corrected chi connectivity index (χ0v) is 16.7. The average molecular weight is 436 g/mol. The molecule has 1 aromatic carbocycles. The average Bonchev–Trinajstić information content (AvgIpc) is 3.12. The van der Waals surface area contributed by atoms with E-state index in [9.17, 15) is 22.4 Å². The number of hydrogen-bond acceptors (Lipinski definition) is 4. The normalized spacial score (nSPS) is 15.1. The minimum atomic E-state index is -3.40. The highest BCUT2D eigenvalue weighted by atomic mass is 19.3. The lowest BCUT2D eigenvalue weighted by Crippen LogP contribution is -2.40. The molecule has 3 heterocycles. The number of carbonyl (C=O) groups is 1. The molecule has 2 aromatic heterocycles. The van der Waals surface area contributed by atoms with Crippen molar-refractivity contribution in [2.24, 2.45) is 0 Å². The van der Waals surface area contributed by atoms with Gasteiger partial charge in [-0.25, -0.2) is 13.8 Å². The molecule has 10 heteroatoms. The van der Waals surface area contributed by atoms with Gasteiger partial charge in [-0.1, -0.05) is 12.1 Å². The van der Waals surface area contributed by atoms with Crippen molar-refractivity contribution in [1.82, 2.24) is 19.4 Å². The molecule has 0 unspecified atom stereocenters. The van der Waals surface area contributed by atoms with Crippen molar-refractivity contribution in [3.05, 3.63) is 47.9 Å². The van der Waals surface area contributed by atoms with Crippen LogP contribution >= 0.6 is 0 Å². The standard InChI is InChI=1S/C21H20F4N4O2/c1-21(24,25)20-27-18-14(3-2-4-16(18)29(20)12-17(22)23)15-6-5-13(11-26-15)19(30)28-7-9-31-10-8-28/h2-6,11,17H,7-10,12H2,1H3. The van der Waals surface area contributed by atoms with Crippen LogP contribution in [0.2, 0.25) is 0 Å². The molecule has 4 rings (SSSR count). The van der Waals surface area contributed by atoms with Crippen LogP contribution in [0.15, 0.2) is 36.5 Å². The zero-order chi connectivity index (χ0) is 22.2. The topological polar surface area (TPSA) is 60.3 Å². The number of fused-ring (bicyclic) bond motifs is 1. The SMILES string of the molecule is CC(F)(F)c1nc2c(-c3ccc(C(=O)N4CCOCC4)cn3)cccc2n1CC(F)F. The summed E-state index contributed by atoms with van der Waals surface area (Å²) < 4.78 is 60.3. The summed E-state index contributed by atoms with van der Waals surface area (Å²) in [6.07, 6.45) is -1.40. The predicted molar refractivity (Wildman–Crippen MR) is 105 cm³/mol. The fourth-order valence-electron chi connectivity index (χ4n) is 3.64. The van der Waals surface area contributed by atoms with E-state index in [1.54, 1.807) is 29.2 Å². The number of imidazole rings is 1. The minimum absolute atomic E-state index is 0.152. The van der Waals surface area contributed by atoms with Gasteiger partial charge in [0.1, 0.15) is 0 Å². The van der Waals surface area contributed by atoms with E-state index in [0.29, 0.717) is 50.0 Å². The summed E-state index contributed by atoms with van der Waals surface area (Å²) in [5, 5.41) is 0. The van der Waals surface area contributed by atoms with E-state index in [2.05, 4.69) is 9.97 Å². The highest BCUT2D eigenvalue weighted by Gasteiger charge is 2.33. The molecule has 1 amide bonds. The lowest BCUT2D eigenvalue weighted by molar-refractivity contribution is 0.00166.